The van der Waals surface area contributed by atoms with Gasteiger partial charge in [0, 0.05) is 13.2 Å². The van der Waals surface area contributed by atoms with Gasteiger partial charge >= 0.3 is 0 Å². The summed E-state index contributed by atoms with van der Waals surface area (Å²) in [6.45, 7) is 0.960. The molecule has 1 heterocycles. The highest BCUT2D eigenvalue weighted by molar-refractivity contribution is 5.32. The van der Waals surface area contributed by atoms with Crippen LogP contribution < -0.4 is 5.32 Å². The Kier molecular flexibility index (Phi) is 4.38. The lowest BCUT2D eigenvalue weighted by molar-refractivity contribution is 0.286. The Labute approximate surface area is 82.4 Å². The summed E-state index contributed by atoms with van der Waals surface area (Å²) in [7, 11) is 0. The Morgan fingerprint density at radius 3 is 2.79 bits per heavy atom. The molecule has 0 spiro atoms. The third-order valence-electron chi connectivity index (χ3n) is 1.66. The predicted octanol–water partition coefficient (Wildman–Crippen LogP) is 0.533. The molecule has 0 saturated carbocycles. The van der Waals surface area contributed by atoms with E-state index in [0.717, 1.165) is 19.4 Å². The molecule has 0 aliphatic carbocycles. The number of unbranched alkanes of at least 4 members (excludes halogenated alkanes) is 1. The van der Waals surface area contributed by atoms with Crippen LogP contribution in [-0.4, -0.2) is 28.2 Å². The van der Waals surface area contributed by atoms with Crippen LogP contribution in [0.4, 0.5) is 5.82 Å². The van der Waals surface area contributed by atoms with E-state index in [1.807, 2.05) is 6.07 Å². The van der Waals surface area contributed by atoms with Gasteiger partial charge in [0.25, 0.3) is 0 Å². The zero-order valence-electron chi connectivity index (χ0n) is 7.77. The maximum Gasteiger partial charge on any atom is 0.158 e. The SMILES string of the molecule is N#Cc1cnc(NCCCCO)cn1. The van der Waals surface area contributed by atoms with Crippen molar-refractivity contribution in [3.8, 4) is 6.07 Å². The molecule has 1 aromatic heterocycles. The van der Waals surface area contributed by atoms with Crippen molar-refractivity contribution < 1.29 is 5.11 Å². The van der Waals surface area contributed by atoms with Crippen LogP contribution in [0.5, 0.6) is 0 Å². The summed E-state index contributed by atoms with van der Waals surface area (Å²) in [5.41, 5.74) is 0.311. The number of aromatic nitrogens is 2. The first-order valence-corrected chi connectivity index (χ1v) is 4.43. The molecule has 1 rings (SSSR count). The summed E-state index contributed by atoms with van der Waals surface area (Å²) in [4.78, 5) is 7.85. The molecule has 0 atom stereocenters. The van der Waals surface area contributed by atoms with Gasteiger partial charge in [-0.2, -0.15) is 5.26 Å². The second kappa shape index (κ2) is 5.89. The van der Waals surface area contributed by atoms with Gasteiger partial charge < -0.3 is 10.4 Å². The van der Waals surface area contributed by atoms with E-state index in [4.69, 9.17) is 10.4 Å². The van der Waals surface area contributed by atoms with Gasteiger partial charge in [-0.3, -0.25) is 0 Å². The van der Waals surface area contributed by atoms with E-state index in [1.54, 1.807) is 0 Å². The second-order valence-corrected chi connectivity index (χ2v) is 2.76. The maximum absolute atomic E-state index is 8.54. The molecule has 0 amide bonds. The van der Waals surface area contributed by atoms with Crippen LogP contribution in [0.2, 0.25) is 0 Å². The van der Waals surface area contributed by atoms with Crippen molar-refractivity contribution in [2.45, 2.75) is 12.8 Å². The molecule has 1 aromatic rings. The molecular formula is C9H12N4O. The monoisotopic (exact) mass is 192 g/mol. The molecule has 74 valence electrons. The molecule has 0 aromatic carbocycles. The Morgan fingerprint density at radius 1 is 1.36 bits per heavy atom. The average molecular weight is 192 g/mol. The number of anilines is 1. The van der Waals surface area contributed by atoms with Crippen molar-refractivity contribution >= 4 is 5.82 Å². The summed E-state index contributed by atoms with van der Waals surface area (Å²) in [5, 5.41) is 20.1. The molecule has 5 heteroatoms. The van der Waals surface area contributed by atoms with Crippen LogP contribution in [-0.2, 0) is 0 Å². The summed E-state index contributed by atoms with van der Waals surface area (Å²) in [6, 6.07) is 1.90. The van der Waals surface area contributed by atoms with Crippen molar-refractivity contribution in [3.63, 3.8) is 0 Å². The van der Waals surface area contributed by atoms with Crippen LogP contribution in [0.3, 0.4) is 0 Å². The van der Waals surface area contributed by atoms with E-state index in [9.17, 15) is 0 Å². The first-order chi connectivity index (χ1) is 6.86. The highest BCUT2D eigenvalue weighted by Crippen LogP contribution is 2.00. The van der Waals surface area contributed by atoms with Gasteiger partial charge in [0.1, 0.15) is 11.9 Å². The van der Waals surface area contributed by atoms with Crippen LogP contribution in [0.15, 0.2) is 12.4 Å². The van der Waals surface area contributed by atoms with E-state index in [1.165, 1.54) is 12.4 Å². The molecule has 14 heavy (non-hydrogen) atoms. The number of nitrogens with one attached hydrogen (secondary N) is 1. The number of nitriles is 1. The predicted molar refractivity (Wildman–Crippen MR) is 51.6 cm³/mol. The van der Waals surface area contributed by atoms with Crippen LogP contribution >= 0.6 is 0 Å². The van der Waals surface area contributed by atoms with Gasteiger partial charge in [0.15, 0.2) is 5.69 Å². The van der Waals surface area contributed by atoms with Crippen molar-refractivity contribution in [1.29, 1.82) is 5.26 Å². The average Bonchev–Trinajstić information content (AvgIpc) is 2.25. The number of aliphatic hydroxyl groups excluding tert-OH is 1. The first kappa shape index (κ1) is 10.4. The van der Waals surface area contributed by atoms with Gasteiger partial charge in [0.2, 0.25) is 0 Å². The lowest BCUT2D eigenvalue weighted by Crippen LogP contribution is -2.04. The van der Waals surface area contributed by atoms with E-state index in [0.29, 0.717) is 11.5 Å². The fourth-order valence-corrected chi connectivity index (χ4v) is 0.930. The van der Waals surface area contributed by atoms with E-state index in [-0.39, 0.29) is 6.61 Å². The molecule has 5 nitrogen and oxygen atoms in total. The molecule has 2 N–H and O–H groups in total. The smallest absolute Gasteiger partial charge is 0.158 e. The third-order valence-corrected chi connectivity index (χ3v) is 1.66. The summed E-state index contributed by atoms with van der Waals surface area (Å²) < 4.78 is 0. The van der Waals surface area contributed by atoms with Gasteiger partial charge in [-0.05, 0) is 12.8 Å². The third kappa shape index (κ3) is 3.37. The second-order valence-electron chi connectivity index (χ2n) is 2.76. The van der Waals surface area contributed by atoms with Crippen molar-refractivity contribution in [1.82, 2.24) is 9.97 Å². The topological polar surface area (TPSA) is 81.8 Å². The minimum atomic E-state index is 0.209. The number of nitrogens with zero attached hydrogens (tertiary/aromatic N) is 3. The summed E-state index contributed by atoms with van der Waals surface area (Å²) >= 11 is 0. The normalized spacial score (nSPS) is 9.43. The molecule has 0 radical (unpaired) electrons. The minimum absolute atomic E-state index is 0.209. The van der Waals surface area contributed by atoms with Gasteiger partial charge in [-0.25, -0.2) is 9.97 Å². The first-order valence-electron chi connectivity index (χ1n) is 4.43. The molecule has 0 aliphatic heterocycles. The lowest BCUT2D eigenvalue weighted by atomic mass is 10.3. The molecule has 0 aliphatic rings. The number of hydrogen-bond donors (Lipinski definition) is 2. The largest absolute Gasteiger partial charge is 0.396 e. The molecule has 0 fully saturated rings. The Morgan fingerprint density at radius 2 is 2.21 bits per heavy atom. The van der Waals surface area contributed by atoms with Gasteiger partial charge in [-0.15, -0.1) is 0 Å². The standard InChI is InChI=1S/C9H12N4O/c10-5-8-6-13-9(7-12-8)11-3-1-2-4-14/h6-7,14H,1-4H2,(H,11,13). The molecule has 0 saturated heterocycles. The van der Waals surface area contributed by atoms with Crippen molar-refractivity contribution in [2.75, 3.05) is 18.5 Å². The van der Waals surface area contributed by atoms with Crippen molar-refractivity contribution in [2.24, 2.45) is 0 Å². The number of aliphatic hydroxyl groups is 1. The minimum Gasteiger partial charge on any atom is -0.396 e. The van der Waals surface area contributed by atoms with E-state index in [2.05, 4.69) is 15.3 Å². The van der Waals surface area contributed by atoms with Crippen LogP contribution in [0, 0.1) is 11.3 Å². The maximum atomic E-state index is 8.54. The molecule has 0 unspecified atom stereocenters. The zero-order chi connectivity index (χ0) is 10.2. The van der Waals surface area contributed by atoms with Gasteiger partial charge in [-0.1, -0.05) is 0 Å². The Bertz CT molecular complexity index is 304. The van der Waals surface area contributed by atoms with Gasteiger partial charge in [0.05, 0.1) is 12.4 Å². The van der Waals surface area contributed by atoms with E-state index >= 15 is 0 Å². The molecular weight excluding hydrogens is 180 g/mol. The zero-order valence-corrected chi connectivity index (χ0v) is 7.77. The van der Waals surface area contributed by atoms with Crippen molar-refractivity contribution in [3.05, 3.63) is 18.1 Å². The fourth-order valence-electron chi connectivity index (χ4n) is 0.930. The summed E-state index contributed by atoms with van der Waals surface area (Å²) in [6.07, 6.45) is 4.61. The highest BCUT2D eigenvalue weighted by Gasteiger charge is 1.94. The quantitative estimate of drug-likeness (QED) is 0.665. The molecule has 0 bridgehead atoms. The lowest BCUT2D eigenvalue weighted by Gasteiger charge is -2.03. The van der Waals surface area contributed by atoms with E-state index < -0.39 is 0 Å². The Hall–Kier alpha value is -1.67. The van der Waals surface area contributed by atoms with Crippen LogP contribution in [0.25, 0.3) is 0 Å². The highest BCUT2D eigenvalue weighted by atomic mass is 16.2. The Balaban J connectivity index is 2.33. The fraction of sp³-hybridized carbons (Fsp3) is 0.444. The summed E-state index contributed by atoms with van der Waals surface area (Å²) in [5.74, 6) is 0.655. The van der Waals surface area contributed by atoms with Crippen LogP contribution in [0.1, 0.15) is 18.5 Å². The number of rotatable bonds is 5. The number of hydrogen-bond acceptors (Lipinski definition) is 5.